The van der Waals surface area contributed by atoms with Gasteiger partial charge in [-0.1, -0.05) is 0 Å². The fraction of sp³-hybridized carbons (Fsp3) is 0. The molecule has 1 nitrogen and oxygen atoms in total. The second kappa shape index (κ2) is 3.81. The second-order valence-corrected chi connectivity index (χ2v) is 1.24. The largest absolute Gasteiger partial charge is 0.283 e. The van der Waals surface area contributed by atoms with Crippen molar-refractivity contribution in [2.45, 2.75) is 0 Å². The molecule has 0 aromatic heterocycles. The summed E-state index contributed by atoms with van der Waals surface area (Å²) < 4.78 is 45.4. The van der Waals surface area contributed by atoms with Crippen molar-refractivity contribution in [3.8, 4) is 0 Å². The fourth-order valence-electron chi connectivity index (χ4n) is 0.213. The van der Waals surface area contributed by atoms with Crippen molar-refractivity contribution >= 4 is 5.78 Å². The minimum absolute atomic E-state index is 0.745. The quantitative estimate of drug-likeness (QED) is 0.439. The van der Waals surface area contributed by atoms with Crippen LogP contribution in [-0.2, 0) is 4.79 Å². The van der Waals surface area contributed by atoms with E-state index in [-0.39, 0.29) is 0 Å². The van der Waals surface area contributed by atoms with Crippen LogP contribution >= 0.6 is 0 Å². The lowest BCUT2D eigenvalue weighted by atomic mass is 10.3. The van der Waals surface area contributed by atoms with Gasteiger partial charge in [-0.2, -0.15) is 8.78 Å². The van der Waals surface area contributed by atoms with Gasteiger partial charge in [0, 0.05) is 0 Å². The van der Waals surface area contributed by atoms with Crippen LogP contribution in [-0.4, -0.2) is 5.78 Å². The van der Waals surface area contributed by atoms with E-state index in [4.69, 9.17) is 0 Å². The molecule has 0 bridgehead atoms. The maximum atomic E-state index is 11.7. The molecule has 0 amide bonds. The molecule has 0 saturated carbocycles. The summed E-state index contributed by atoms with van der Waals surface area (Å²) in [6.07, 6.45) is -1.49. The molecule has 0 rings (SSSR count). The molecule has 0 saturated heterocycles. The third-order valence-electron chi connectivity index (χ3n) is 0.625. The normalized spacial score (nSPS) is 13.6. The third kappa shape index (κ3) is 2.00. The minimum atomic E-state index is -1.97. The summed E-state index contributed by atoms with van der Waals surface area (Å²) in [6, 6.07) is 0. The Labute approximate surface area is 53.6 Å². The van der Waals surface area contributed by atoms with Gasteiger partial charge in [-0.15, -0.1) is 0 Å². The summed E-state index contributed by atoms with van der Waals surface area (Å²) in [5, 5.41) is 0. The molecule has 0 spiro atoms. The maximum Gasteiger partial charge on any atom is 0.254 e. The number of hydrogen-bond acceptors (Lipinski definition) is 1. The van der Waals surface area contributed by atoms with E-state index in [9.17, 15) is 22.4 Å². The Morgan fingerprint density at radius 3 is 1.50 bits per heavy atom. The van der Waals surface area contributed by atoms with Gasteiger partial charge in [0.25, 0.3) is 5.78 Å². The molecule has 0 aliphatic carbocycles. The predicted octanol–water partition coefficient (Wildman–Crippen LogP) is 2.12. The molecule has 0 unspecified atom stereocenters. The highest BCUT2D eigenvalue weighted by Gasteiger charge is 2.14. The highest BCUT2D eigenvalue weighted by atomic mass is 19.2. The highest BCUT2D eigenvalue weighted by Crippen LogP contribution is 2.08. The summed E-state index contributed by atoms with van der Waals surface area (Å²) in [7, 11) is 0. The lowest BCUT2D eigenvalue weighted by Gasteiger charge is -1.87. The number of Topliss-reactive ketones (excluding diaryl/α,β-unsaturated/α-hetero) is 1. The van der Waals surface area contributed by atoms with Crippen molar-refractivity contribution in [1.82, 2.24) is 0 Å². The van der Waals surface area contributed by atoms with Gasteiger partial charge < -0.3 is 0 Å². The van der Waals surface area contributed by atoms with Crippen LogP contribution in [0.1, 0.15) is 0 Å². The van der Waals surface area contributed by atoms with E-state index in [1.165, 1.54) is 0 Å². The van der Waals surface area contributed by atoms with Crippen molar-refractivity contribution in [2.24, 2.45) is 0 Å². The smallest absolute Gasteiger partial charge is 0.254 e. The van der Waals surface area contributed by atoms with E-state index in [1.807, 2.05) is 0 Å². The van der Waals surface area contributed by atoms with Crippen molar-refractivity contribution in [3.63, 3.8) is 0 Å². The zero-order valence-electron chi connectivity index (χ0n) is 4.57. The lowest BCUT2D eigenvalue weighted by Crippen LogP contribution is -1.97. The zero-order chi connectivity index (χ0) is 8.15. The number of allylic oxidation sites excluding steroid dienone is 2. The van der Waals surface area contributed by atoms with Crippen LogP contribution in [0.3, 0.4) is 0 Å². The van der Waals surface area contributed by atoms with Crippen LogP contribution in [0.15, 0.2) is 24.3 Å². The Morgan fingerprint density at radius 1 is 1.00 bits per heavy atom. The fourth-order valence-corrected chi connectivity index (χ4v) is 0.213. The summed E-state index contributed by atoms with van der Waals surface area (Å²) in [6.45, 7) is 0. The van der Waals surface area contributed by atoms with Gasteiger partial charge >= 0.3 is 0 Å². The third-order valence-corrected chi connectivity index (χ3v) is 0.625. The van der Waals surface area contributed by atoms with Crippen molar-refractivity contribution in [1.29, 1.82) is 0 Å². The Morgan fingerprint density at radius 2 is 1.30 bits per heavy atom. The molecule has 0 fully saturated rings. The molecule has 0 radical (unpaired) electrons. The first kappa shape index (κ1) is 8.87. The van der Waals surface area contributed by atoms with Gasteiger partial charge in [-0.05, 0) is 0 Å². The van der Waals surface area contributed by atoms with Gasteiger partial charge in [0.15, 0.2) is 0 Å². The molecule has 0 atom stereocenters. The van der Waals surface area contributed by atoms with Crippen LogP contribution in [0.2, 0.25) is 0 Å². The van der Waals surface area contributed by atoms with Gasteiger partial charge in [-0.25, -0.2) is 8.78 Å². The van der Waals surface area contributed by atoms with Gasteiger partial charge in [-0.3, -0.25) is 4.79 Å². The summed E-state index contributed by atoms with van der Waals surface area (Å²) >= 11 is 0. The lowest BCUT2D eigenvalue weighted by molar-refractivity contribution is -0.115. The first-order valence-electron chi connectivity index (χ1n) is 2.10. The SMILES string of the molecule is O=C(C(F)=CF)C(F)=CF. The van der Waals surface area contributed by atoms with Crippen LogP contribution in [0.25, 0.3) is 0 Å². The van der Waals surface area contributed by atoms with Crippen LogP contribution < -0.4 is 0 Å². The molecule has 0 aromatic carbocycles. The molecule has 0 N–H and O–H groups in total. The zero-order valence-corrected chi connectivity index (χ0v) is 4.57. The van der Waals surface area contributed by atoms with Crippen molar-refractivity contribution in [2.75, 3.05) is 0 Å². The van der Waals surface area contributed by atoms with Crippen molar-refractivity contribution in [3.05, 3.63) is 24.3 Å². The van der Waals surface area contributed by atoms with Gasteiger partial charge in [0.1, 0.15) is 12.7 Å². The molecule has 56 valence electrons. The first-order chi connectivity index (χ1) is 4.63. The van der Waals surface area contributed by atoms with Crippen LogP contribution in [0, 0.1) is 0 Å². The molecule has 0 aliphatic rings. The van der Waals surface area contributed by atoms with E-state index in [2.05, 4.69) is 0 Å². The minimum Gasteiger partial charge on any atom is -0.283 e. The molecule has 0 aromatic rings. The first-order valence-corrected chi connectivity index (χ1v) is 2.10. The Bertz CT molecular complexity index is 174. The molecular formula is C5H2F4O. The predicted molar refractivity (Wildman–Crippen MR) is 25.6 cm³/mol. The average molecular weight is 154 g/mol. The summed E-state index contributed by atoms with van der Waals surface area (Å²) in [5.74, 6) is -5.87. The summed E-state index contributed by atoms with van der Waals surface area (Å²) in [4.78, 5) is 9.94. The van der Waals surface area contributed by atoms with Crippen LogP contribution in [0.4, 0.5) is 17.6 Å². The van der Waals surface area contributed by atoms with Gasteiger partial charge in [0.2, 0.25) is 11.7 Å². The molecule has 5 heteroatoms. The van der Waals surface area contributed by atoms with E-state index in [1.54, 1.807) is 0 Å². The van der Waals surface area contributed by atoms with E-state index in [0.717, 1.165) is 0 Å². The number of hydrogen-bond donors (Lipinski definition) is 0. The number of halogens is 4. The average Bonchev–Trinajstić information content (AvgIpc) is 2.00. The van der Waals surface area contributed by atoms with E-state index in [0.29, 0.717) is 0 Å². The number of rotatable bonds is 2. The second-order valence-electron chi connectivity index (χ2n) is 1.24. The molecule has 0 heterocycles. The van der Waals surface area contributed by atoms with E-state index < -0.39 is 30.1 Å². The number of ketones is 1. The Kier molecular flexibility index (Phi) is 3.38. The monoisotopic (exact) mass is 154 g/mol. The van der Waals surface area contributed by atoms with Crippen molar-refractivity contribution < 1.29 is 22.4 Å². The van der Waals surface area contributed by atoms with Gasteiger partial charge in [0.05, 0.1) is 0 Å². The van der Waals surface area contributed by atoms with E-state index >= 15 is 0 Å². The Balaban J connectivity index is 4.39. The maximum absolute atomic E-state index is 11.7. The molecule has 10 heavy (non-hydrogen) atoms. The molecular weight excluding hydrogens is 152 g/mol. The number of carbonyl (C=O) groups excluding carboxylic acids is 1. The number of carbonyl (C=O) groups is 1. The Hall–Kier alpha value is -1.13. The summed E-state index contributed by atoms with van der Waals surface area (Å²) in [5.41, 5.74) is 0. The van der Waals surface area contributed by atoms with Crippen LogP contribution in [0.5, 0.6) is 0 Å². The standard InChI is InChI=1S/C5H2F4O/c6-1-3(8)5(10)4(9)2-7/h1-2H. The molecule has 0 aliphatic heterocycles. The topological polar surface area (TPSA) is 17.1 Å². The highest BCUT2D eigenvalue weighted by molar-refractivity contribution is 6.04.